The molecule has 0 heterocycles. The quantitative estimate of drug-likeness (QED) is 0.904. The van der Waals surface area contributed by atoms with E-state index in [4.69, 9.17) is 5.26 Å². The van der Waals surface area contributed by atoms with Crippen molar-refractivity contribution in [2.24, 2.45) is 0 Å². The molecule has 2 nitrogen and oxygen atoms in total. The average Bonchev–Trinajstić information content (AvgIpc) is 2.46. The van der Waals surface area contributed by atoms with Gasteiger partial charge in [-0.2, -0.15) is 5.26 Å². The minimum atomic E-state index is -0.00724. The molecule has 0 aromatic heterocycles. The summed E-state index contributed by atoms with van der Waals surface area (Å²) in [5, 5.41) is 18.0. The normalized spacial score (nSPS) is 11.1. The zero-order valence-electron chi connectivity index (χ0n) is 10.6. The second kappa shape index (κ2) is 6.53. The summed E-state index contributed by atoms with van der Waals surface area (Å²) in [5.74, 6) is 0. The molecular weight excluding hydrogens is 234 g/mol. The maximum absolute atomic E-state index is 9.20. The second-order valence-electron chi connectivity index (χ2n) is 4.20. The lowest BCUT2D eigenvalue weighted by Crippen LogP contribution is -1.92. The molecule has 0 aliphatic carbocycles. The van der Waals surface area contributed by atoms with Crippen molar-refractivity contribution in [3.05, 3.63) is 77.4 Å². The number of hydrogen-bond donors (Lipinski definition) is 1. The van der Waals surface area contributed by atoms with Gasteiger partial charge >= 0.3 is 0 Å². The maximum Gasteiger partial charge on any atom is 0.0669 e. The highest BCUT2D eigenvalue weighted by atomic mass is 16.2. The average molecular weight is 249 g/mol. The van der Waals surface area contributed by atoms with Crippen LogP contribution in [0.1, 0.15) is 16.7 Å². The van der Waals surface area contributed by atoms with Gasteiger partial charge in [0.1, 0.15) is 0 Å². The molecular formula is C17H15NO. The molecule has 94 valence electrons. The van der Waals surface area contributed by atoms with Crippen LogP contribution in [0.5, 0.6) is 0 Å². The Morgan fingerprint density at radius 2 is 1.79 bits per heavy atom. The van der Waals surface area contributed by atoms with E-state index in [1.165, 1.54) is 0 Å². The summed E-state index contributed by atoms with van der Waals surface area (Å²) in [6, 6.07) is 20.0. The Balaban J connectivity index is 2.44. The molecule has 19 heavy (non-hydrogen) atoms. The van der Waals surface area contributed by atoms with Crippen LogP contribution in [0, 0.1) is 11.3 Å². The van der Waals surface area contributed by atoms with E-state index in [9.17, 15) is 5.11 Å². The van der Waals surface area contributed by atoms with Gasteiger partial charge in [0.15, 0.2) is 0 Å². The van der Waals surface area contributed by atoms with Crippen LogP contribution in [0.25, 0.3) is 5.57 Å². The summed E-state index contributed by atoms with van der Waals surface area (Å²) in [4.78, 5) is 0. The van der Waals surface area contributed by atoms with E-state index in [2.05, 4.69) is 6.07 Å². The molecule has 2 rings (SSSR count). The first-order chi connectivity index (χ1) is 9.35. The van der Waals surface area contributed by atoms with Crippen molar-refractivity contribution in [2.45, 2.75) is 6.42 Å². The monoisotopic (exact) mass is 249 g/mol. The van der Waals surface area contributed by atoms with Crippen LogP contribution in [0.4, 0.5) is 0 Å². The number of rotatable bonds is 4. The molecule has 1 N–H and O–H groups in total. The lowest BCUT2D eigenvalue weighted by atomic mass is 9.96. The van der Waals surface area contributed by atoms with Crippen LogP contribution < -0.4 is 0 Å². The van der Waals surface area contributed by atoms with E-state index in [0.29, 0.717) is 6.42 Å². The number of aliphatic hydroxyl groups is 1. The van der Waals surface area contributed by atoms with Crippen molar-refractivity contribution in [1.82, 2.24) is 0 Å². The molecule has 0 amide bonds. The fourth-order valence-electron chi connectivity index (χ4n) is 2.05. The van der Waals surface area contributed by atoms with E-state index in [1.807, 2.05) is 54.6 Å². The summed E-state index contributed by atoms with van der Waals surface area (Å²) < 4.78 is 0. The highest BCUT2D eigenvalue weighted by molar-refractivity contribution is 5.80. The summed E-state index contributed by atoms with van der Waals surface area (Å²) in [6.07, 6.45) is 2.19. The molecule has 0 aliphatic heterocycles. The standard InChI is InChI=1S/C17H15NO/c18-11-9-14-5-4-8-16(13-14)17(10-12-19)15-6-2-1-3-7-15/h1-8,10,13,19H,9,12H2/b17-10+. The molecule has 0 radical (unpaired) electrons. The van der Waals surface area contributed by atoms with E-state index in [-0.39, 0.29) is 6.61 Å². The number of nitriles is 1. The molecule has 0 aliphatic rings. The first-order valence-electron chi connectivity index (χ1n) is 6.18. The van der Waals surface area contributed by atoms with E-state index in [1.54, 1.807) is 6.08 Å². The SMILES string of the molecule is N#CCc1cccc(/C(=C/CO)c2ccccc2)c1. The Bertz CT molecular complexity index is 609. The highest BCUT2D eigenvalue weighted by Gasteiger charge is 2.05. The zero-order valence-corrected chi connectivity index (χ0v) is 10.6. The Morgan fingerprint density at radius 1 is 1.05 bits per heavy atom. The number of hydrogen-bond acceptors (Lipinski definition) is 2. The van der Waals surface area contributed by atoms with Crippen molar-refractivity contribution in [3.63, 3.8) is 0 Å². The Kier molecular flexibility index (Phi) is 4.49. The maximum atomic E-state index is 9.20. The fourth-order valence-corrected chi connectivity index (χ4v) is 2.05. The molecule has 2 aromatic rings. The van der Waals surface area contributed by atoms with Crippen molar-refractivity contribution >= 4 is 5.57 Å². The van der Waals surface area contributed by atoms with Crippen molar-refractivity contribution in [2.75, 3.05) is 6.61 Å². The number of aliphatic hydroxyl groups excluding tert-OH is 1. The Labute approximate surface area is 113 Å². The summed E-state index contributed by atoms with van der Waals surface area (Å²) in [7, 11) is 0. The molecule has 0 saturated heterocycles. The van der Waals surface area contributed by atoms with Crippen molar-refractivity contribution < 1.29 is 5.11 Å². The zero-order chi connectivity index (χ0) is 13.5. The van der Waals surface area contributed by atoms with E-state index >= 15 is 0 Å². The second-order valence-corrected chi connectivity index (χ2v) is 4.20. The topological polar surface area (TPSA) is 44.0 Å². The molecule has 0 saturated carbocycles. The molecule has 2 heteroatoms. The summed E-state index contributed by atoms with van der Waals surface area (Å²) in [6.45, 7) is -0.00724. The number of benzene rings is 2. The van der Waals surface area contributed by atoms with Gasteiger partial charge in [-0.1, -0.05) is 60.7 Å². The summed E-state index contributed by atoms with van der Waals surface area (Å²) >= 11 is 0. The van der Waals surface area contributed by atoms with Crippen LogP contribution >= 0.6 is 0 Å². The van der Waals surface area contributed by atoms with Crippen LogP contribution in [0.3, 0.4) is 0 Å². The Hall–Kier alpha value is -2.37. The van der Waals surface area contributed by atoms with E-state index in [0.717, 1.165) is 22.3 Å². The molecule has 0 bridgehead atoms. The minimum Gasteiger partial charge on any atom is -0.392 e. The predicted molar refractivity (Wildman–Crippen MR) is 76.4 cm³/mol. The molecule has 0 fully saturated rings. The molecule has 2 aromatic carbocycles. The fraction of sp³-hybridized carbons (Fsp3) is 0.118. The van der Waals surface area contributed by atoms with Gasteiger partial charge in [0.2, 0.25) is 0 Å². The highest BCUT2D eigenvalue weighted by Crippen LogP contribution is 2.24. The summed E-state index contributed by atoms with van der Waals surface area (Å²) in [5.41, 5.74) is 4.06. The van der Waals surface area contributed by atoms with Crippen LogP contribution in [-0.2, 0) is 6.42 Å². The lowest BCUT2D eigenvalue weighted by molar-refractivity contribution is 0.343. The van der Waals surface area contributed by atoms with Crippen LogP contribution in [0.15, 0.2) is 60.7 Å². The van der Waals surface area contributed by atoms with Gasteiger partial charge in [-0.15, -0.1) is 0 Å². The van der Waals surface area contributed by atoms with Gasteiger partial charge < -0.3 is 5.11 Å². The van der Waals surface area contributed by atoms with Gasteiger partial charge in [0.25, 0.3) is 0 Å². The van der Waals surface area contributed by atoms with Gasteiger partial charge in [-0.25, -0.2) is 0 Å². The van der Waals surface area contributed by atoms with Gasteiger partial charge in [-0.3, -0.25) is 0 Å². The van der Waals surface area contributed by atoms with Crippen LogP contribution in [0.2, 0.25) is 0 Å². The predicted octanol–water partition coefficient (Wildman–Crippen LogP) is 3.18. The molecule has 0 unspecified atom stereocenters. The minimum absolute atomic E-state index is 0.00724. The van der Waals surface area contributed by atoms with Crippen molar-refractivity contribution in [1.29, 1.82) is 5.26 Å². The van der Waals surface area contributed by atoms with E-state index < -0.39 is 0 Å². The third-order valence-electron chi connectivity index (χ3n) is 2.90. The Morgan fingerprint density at radius 3 is 2.47 bits per heavy atom. The third-order valence-corrected chi connectivity index (χ3v) is 2.90. The largest absolute Gasteiger partial charge is 0.392 e. The van der Waals surface area contributed by atoms with Gasteiger partial charge in [0, 0.05) is 0 Å². The van der Waals surface area contributed by atoms with Crippen molar-refractivity contribution in [3.8, 4) is 6.07 Å². The number of nitrogens with zero attached hydrogens (tertiary/aromatic N) is 1. The first kappa shape index (κ1) is 13.1. The van der Waals surface area contributed by atoms with Gasteiger partial charge in [0.05, 0.1) is 19.1 Å². The first-order valence-corrected chi connectivity index (χ1v) is 6.18. The third kappa shape index (κ3) is 3.31. The van der Waals surface area contributed by atoms with Crippen LogP contribution in [-0.4, -0.2) is 11.7 Å². The molecule has 0 spiro atoms. The van der Waals surface area contributed by atoms with Gasteiger partial charge in [-0.05, 0) is 22.3 Å². The lowest BCUT2D eigenvalue weighted by Gasteiger charge is -2.09. The molecule has 0 atom stereocenters. The smallest absolute Gasteiger partial charge is 0.0669 e.